The van der Waals surface area contributed by atoms with E-state index in [1.54, 1.807) is 41.5 Å². The Morgan fingerprint density at radius 3 is 1.88 bits per heavy atom. The molecule has 0 fully saturated rings. The van der Waals surface area contributed by atoms with Gasteiger partial charge in [-0.2, -0.15) is 4.99 Å². The van der Waals surface area contributed by atoms with E-state index >= 15 is 0 Å². The molecular weight excluding hydrogens is 224 g/mol. The maximum atomic E-state index is 11.1. The molecule has 0 aliphatic rings. The van der Waals surface area contributed by atoms with Gasteiger partial charge in [0.1, 0.15) is 11.2 Å². The van der Waals surface area contributed by atoms with Gasteiger partial charge in [-0.05, 0) is 41.5 Å². The Hall–Kier alpha value is -1.59. The number of rotatable bonds is 1. The van der Waals surface area contributed by atoms with Crippen LogP contribution in [0.15, 0.2) is 4.99 Å². The molecule has 0 spiro atoms. The molecule has 0 aromatic heterocycles. The van der Waals surface area contributed by atoms with E-state index in [0.29, 0.717) is 0 Å². The summed E-state index contributed by atoms with van der Waals surface area (Å²) in [5.74, 6) is 0. The van der Waals surface area contributed by atoms with Crippen LogP contribution in [0.5, 0.6) is 0 Å². The van der Waals surface area contributed by atoms with E-state index in [2.05, 4.69) is 16.6 Å². The Bertz CT molecular complexity index is 310. The minimum absolute atomic E-state index is 0.613. The predicted octanol–water partition coefficient (Wildman–Crippen LogP) is 2.35. The number of nitrogens with zero attached hydrogens (tertiary/aromatic N) is 1. The van der Waals surface area contributed by atoms with E-state index in [-0.39, 0.29) is 0 Å². The number of carbonyl (C=O) groups is 2. The topological polar surface area (TPSA) is 77.0 Å². The fourth-order valence-corrected chi connectivity index (χ4v) is 0.708. The molecule has 6 nitrogen and oxygen atoms in total. The number of carbonyl (C=O) groups excluding carboxylic acids is 2. The highest BCUT2D eigenvalue weighted by molar-refractivity contribution is 5.87. The maximum Gasteiger partial charge on any atom is 0.436 e. The highest BCUT2D eigenvalue weighted by Gasteiger charge is 2.17. The highest BCUT2D eigenvalue weighted by atomic mass is 16.6. The largest absolute Gasteiger partial charge is 0.444 e. The van der Waals surface area contributed by atoms with Gasteiger partial charge in [0.05, 0.1) is 0 Å². The van der Waals surface area contributed by atoms with Crippen molar-refractivity contribution in [3.05, 3.63) is 0 Å². The number of hydrogen-bond acceptors (Lipinski definition) is 4. The fourth-order valence-electron chi connectivity index (χ4n) is 0.708. The van der Waals surface area contributed by atoms with Crippen LogP contribution in [0, 0.1) is 0 Å². The molecule has 2 amide bonds. The average Bonchev–Trinajstić information content (AvgIpc) is 1.95. The smallest absolute Gasteiger partial charge is 0.436 e. The van der Waals surface area contributed by atoms with Crippen LogP contribution < -0.4 is 5.32 Å². The average molecular weight is 243 g/mol. The van der Waals surface area contributed by atoms with E-state index in [1.165, 1.54) is 0 Å². The zero-order valence-electron chi connectivity index (χ0n) is 11.1. The maximum absolute atomic E-state index is 11.1. The first-order valence-corrected chi connectivity index (χ1v) is 5.17. The van der Waals surface area contributed by atoms with E-state index in [0.717, 1.165) is 0 Å². The second-order valence-corrected chi connectivity index (χ2v) is 5.33. The normalized spacial score (nSPS) is 12.4. The van der Waals surface area contributed by atoms with Gasteiger partial charge >= 0.3 is 12.2 Å². The van der Waals surface area contributed by atoms with Crippen LogP contribution in [0.1, 0.15) is 41.5 Å². The summed E-state index contributed by atoms with van der Waals surface area (Å²) in [6.07, 6.45) is 0.499. The number of alkyl carbamates (subject to hydrolysis) is 1. The van der Waals surface area contributed by atoms with Crippen molar-refractivity contribution in [2.75, 3.05) is 0 Å². The number of hydrogen-bond donors (Lipinski definition) is 1. The minimum Gasteiger partial charge on any atom is -0.444 e. The van der Waals surface area contributed by atoms with Gasteiger partial charge in [0.15, 0.2) is 6.34 Å². The van der Waals surface area contributed by atoms with E-state index < -0.39 is 23.4 Å². The Morgan fingerprint density at radius 1 is 1.00 bits per heavy atom. The third kappa shape index (κ3) is 10.7. The van der Waals surface area contributed by atoms with Crippen molar-refractivity contribution in [1.29, 1.82) is 0 Å². The Morgan fingerprint density at radius 2 is 1.47 bits per heavy atom. The standard InChI is InChI=1S/C11H19N2O4/c1-10(2,3)16-8(14)12-7-13-9(15)17-11(4,5)6/h1-6H3,(H,12,13,14,15). The van der Waals surface area contributed by atoms with Crippen LogP contribution >= 0.6 is 0 Å². The summed E-state index contributed by atoms with van der Waals surface area (Å²) in [5.41, 5.74) is -1.24. The van der Waals surface area contributed by atoms with Crippen molar-refractivity contribution >= 4 is 18.5 Å². The van der Waals surface area contributed by atoms with Gasteiger partial charge in [-0.3, -0.25) is 5.32 Å². The van der Waals surface area contributed by atoms with Crippen LogP contribution in [0.2, 0.25) is 0 Å². The summed E-state index contributed by atoms with van der Waals surface area (Å²) < 4.78 is 9.76. The molecule has 6 heteroatoms. The zero-order chi connectivity index (χ0) is 13.7. The van der Waals surface area contributed by atoms with Crippen molar-refractivity contribution in [2.24, 2.45) is 4.99 Å². The first-order valence-electron chi connectivity index (χ1n) is 5.17. The molecule has 0 bridgehead atoms. The molecule has 1 radical (unpaired) electrons. The number of amides is 2. The minimum atomic E-state index is -0.825. The summed E-state index contributed by atoms with van der Waals surface area (Å²) >= 11 is 0. The van der Waals surface area contributed by atoms with E-state index in [9.17, 15) is 9.59 Å². The van der Waals surface area contributed by atoms with Crippen LogP contribution in [0.25, 0.3) is 0 Å². The number of nitrogens with one attached hydrogen (secondary N) is 1. The molecule has 17 heavy (non-hydrogen) atoms. The van der Waals surface area contributed by atoms with E-state index in [1.807, 2.05) is 0 Å². The Kier molecular flexibility index (Phi) is 5.12. The summed E-state index contributed by atoms with van der Waals surface area (Å²) in [6, 6.07) is 0. The first-order chi connectivity index (χ1) is 7.49. The fraction of sp³-hybridized carbons (Fsp3) is 0.727. The van der Waals surface area contributed by atoms with Crippen molar-refractivity contribution in [1.82, 2.24) is 5.32 Å². The SMILES string of the molecule is CC(C)(C)OC(=O)/N=[C]/NC(=O)OC(C)(C)C. The second-order valence-electron chi connectivity index (χ2n) is 5.33. The lowest BCUT2D eigenvalue weighted by Gasteiger charge is -2.18. The van der Waals surface area contributed by atoms with Gasteiger partial charge in [0, 0.05) is 0 Å². The molecule has 0 saturated carbocycles. The molecular formula is C11H19N2O4. The van der Waals surface area contributed by atoms with Gasteiger partial charge < -0.3 is 9.47 Å². The zero-order valence-corrected chi connectivity index (χ0v) is 11.1. The quantitative estimate of drug-likeness (QED) is 0.435. The summed E-state index contributed by atoms with van der Waals surface area (Å²) in [6.45, 7) is 10.3. The molecule has 0 aliphatic carbocycles. The molecule has 0 aliphatic heterocycles. The predicted molar refractivity (Wildman–Crippen MR) is 63.0 cm³/mol. The van der Waals surface area contributed by atoms with Crippen LogP contribution in [0.4, 0.5) is 9.59 Å². The third-order valence-corrected chi connectivity index (χ3v) is 1.10. The monoisotopic (exact) mass is 243 g/mol. The van der Waals surface area contributed by atoms with Crippen LogP contribution in [0.3, 0.4) is 0 Å². The van der Waals surface area contributed by atoms with Crippen molar-refractivity contribution in [3.8, 4) is 0 Å². The molecule has 0 aromatic carbocycles. The summed E-state index contributed by atoms with van der Waals surface area (Å²) in [7, 11) is 0. The molecule has 97 valence electrons. The van der Waals surface area contributed by atoms with Gasteiger partial charge in [-0.15, -0.1) is 0 Å². The molecule has 0 rings (SSSR count). The lowest BCUT2D eigenvalue weighted by atomic mass is 10.2. The Balaban J connectivity index is 4.04. The molecule has 0 aromatic rings. The summed E-state index contributed by atoms with van der Waals surface area (Å²) in [4.78, 5) is 25.5. The molecule has 0 saturated heterocycles. The van der Waals surface area contributed by atoms with Gasteiger partial charge in [-0.25, -0.2) is 9.59 Å². The van der Waals surface area contributed by atoms with Gasteiger partial charge in [0.25, 0.3) is 0 Å². The highest BCUT2D eigenvalue weighted by Crippen LogP contribution is 2.07. The molecule has 0 atom stereocenters. The van der Waals surface area contributed by atoms with Gasteiger partial charge in [0.2, 0.25) is 0 Å². The van der Waals surface area contributed by atoms with Crippen LogP contribution in [-0.4, -0.2) is 29.7 Å². The Labute approximate surface area is 101 Å². The van der Waals surface area contributed by atoms with Crippen molar-refractivity contribution in [2.45, 2.75) is 52.7 Å². The van der Waals surface area contributed by atoms with Gasteiger partial charge in [-0.1, -0.05) is 0 Å². The van der Waals surface area contributed by atoms with Crippen molar-refractivity contribution < 1.29 is 19.1 Å². The lowest BCUT2D eigenvalue weighted by molar-refractivity contribution is 0.0565. The molecule has 1 N–H and O–H groups in total. The number of aliphatic imine (C=N–C) groups is 1. The molecule has 0 unspecified atom stereocenters. The van der Waals surface area contributed by atoms with E-state index in [4.69, 9.17) is 9.47 Å². The van der Waals surface area contributed by atoms with Crippen molar-refractivity contribution in [3.63, 3.8) is 0 Å². The summed E-state index contributed by atoms with van der Waals surface area (Å²) in [5, 5.41) is 2.08. The number of ether oxygens (including phenoxy) is 2. The van der Waals surface area contributed by atoms with Crippen LogP contribution in [-0.2, 0) is 9.47 Å². The second kappa shape index (κ2) is 5.65. The first kappa shape index (κ1) is 15.4. The third-order valence-electron chi connectivity index (χ3n) is 1.10. The molecule has 0 heterocycles. The lowest BCUT2D eigenvalue weighted by Crippen LogP contribution is -2.32.